The standard InChI is InChI=1S/C19H21N3O3/c1-12-16-9-15(24-3)6-7-17(16)25-18(12)13(2)22-19(23)21-11-14-5-4-8-20-10-14/h4-10,13H,11H2,1-3H3,(H2,21,22,23). The lowest BCUT2D eigenvalue weighted by Gasteiger charge is -2.13. The maximum atomic E-state index is 12.1. The number of methoxy groups -OCH3 is 1. The van der Waals surface area contributed by atoms with Gasteiger partial charge in [0.05, 0.1) is 13.2 Å². The first-order valence-corrected chi connectivity index (χ1v) is 8.09. The number of fused-ring (bicyclic) bond motifs is 1. The zero-order valence-corrected chi connectivity index (χ0v) is 14.5. The molecule has 1 unspecified atom stereocenters. The van der Waals surface area contributed by atoms with Crippen LogP contribution >= 0.6 is 0 Å². The topological polar surface area (TPSA) is 76.4 Å². The second-order valence-corrected chi connectivity index (χ2v) is 5.86. The molecule has 0 fully saturated rings. The van der Waals surface area contributed by atoms with Gasteiger partial charge in [-0.1, -0.05) is 6.07 Å². The van der Waals surface area contributed by atoms with Gasteiger partial charge in [0, 0.05) is 29.9 Å². The van der Waals surface area contributed by atoms with Crippen LogP contribution in [0.4, 0.5) is 4.79 Å². The molecule has 6 nitrogen and oxygen atoms in total. The minimum atomic E-state index is -0.257. The van der Waals surface area contributed by atoms with Gasteiger partial charge in [0.15, 0.2) is 0 Å². The van der Waals surface area contributed by atoms with Gasteiger partial charge in [-0.2, -0.15) is 0 Å². The van der Waals surface area contributed by atoms with Crippen molar-refractivity contribution in [3.8, 4) is 5.75 Å². The third kappa shape index (κ3) is 3.74. The first-order chi connectivity index (χ1) is 12.1. The lowest BCUT2D eigenvalue weighted by molar-refractivity contribution is 0.236. The number of urea groups is 1. The number of hydrogen-bond donors (Lipinski definition) is 2. The van der Waals surface area contributed by atoms with Gasteiger partial charge >= 0.3 is 6.03 Å². The van der Waals surface area contributed by atoms with E-state index in [1.807, 2.05) is 44.2 Å². The number of nitrogens with one attached hydrogen (secondary N) is 2. The van der Waals surface area contributed by atoms with Gasteiger partial charge in [-0.3, -0.25) is 4.98 Å². The van der Waals surface area contributed by atoms with E-state index in [-0.39, 0.29) is 12.1 Å². The second kappa shape index (κ2) is 7.25. The average Bonchev–Trinajstić information content (AvgIpc) is 2.97. The summed E-state index contributed by atoms with van der Waals surface area (Å²) in [5.41, 5.74) is 2.71. The van der Waals surface area contributed by atoms with E-state index in [0.717, 1.165) is 33.6 Å². The van der Waals surface area contributed by atoms with E-state index in [4.69, 9.17) is 9.15 Å². The molecule has 2 amide bonds. The smallest absolute Gasteiger partial charge is 0.315 e. The zero-order valence-electron chi connectivity index (χ0n) is 14.5. The fourth-order valence-corrected chi connectivity index (χ4v) is 2.76. The summed E-state index contributed by atoms with van der Waals surface area (Å²) in [6, 6.07) is 8.90. The lowest BCUT2D eigenvalue weighted by atomic mass is 10.1. The van der Waals surface area contributed by atoms with Crippen molar-refractivity contribution in [2.24, 2.45) is 0 Å². The number of rotatable bonds is 5. The van der Waals surface area contributed by atoms with Crippen LogP contribution in [0.1, 0.15) is 29.9 Å². The summed E-state index contributed by atoms with van der Waals surface area (Å²) in [5.74, 6) is 1.51. The third-order valence-corrected chi connectivity index (χ3v) is 4.10. The van der Waals surface area contributed by atoms with E-state index in [1.54, 1.807) is 19.5 Å². The Hall–Kier alpha value is -3.02. The van der Waals surface area contributed by atoms with Crippen molar-refractivity contribution in [1.29, 1.82) is 0 Å². The van der Waals surface area contributed by atoms with Crippen molar-refractivity contribution >= 4 is 17.0 Å². The highest BCUT2D eigenvalue weighted by atomic mass is 16.5. The Kier molecular flexibility index (Phi) is 4.88. The van der Waals surface area contributed by atoms with Gasteiger partial charge in [-0.15, -0.1) is 0 Å². The second-order valence-electron chi connectivity index (χ2n) is 5.86. The first-order valence-electron chi connectivity index (χ1n) is 8.09. The molecule has 0 radical (unpaired) electrons. The number of ether oxygens (including phenoxy) is 1. The van der Waals surface area contributed by atoms with E-state index in [2.05, 4.69) is 15.6 Å². The van der Waals surface area contributed by atoms with Crippen LogP contribution in [0, 0.1) is 6.92 Å². The highest BCUT2D eigenvalue weighted by Gasteiger charge is 2.18. The molecule has 0 aliphatic carbocycles. The number of pyridine rings is 1. The van der Waals surface area contributed by atoms with Crippen molar-refractivity contribution in [1.82, 2.24) is 15.6 Å². The number of hydrogen-bond acceptors (Lipinski definition) is 4. The van der Waals surface area contributed by atoms with Crippen LogP contribution in [0.25, 0.3) is 11.0 Å². The van der Waals surface area contributed by atoms with Gasteiger partial charge in [-0.25, -0.2) is 4.79 Å². The maximum absolute atomic E-state index is 12.1. The molecule has 1 aromatic carbocycles. The van der Waals surface area contributed by atoms with Gasteiger partial charge in [0.2, 0.25) is 0 Å². The van der Waals surface area contributed by atoms with Crippen LogP contribution in [-0.2, 0) is 6.54 Å². The molecule has 2 heterocycles. The van der Waals surface area contributed by atoms with Crippen molar-refractivity contribution < 1.29 is 13.9 Å². The molecular weight excluding hydrogens is 318 g/mol. The molecule has 130 valence electrons. The number of aromatic nitrogens is 1. The fraction of sp³-hybridized carbons (Fsp3) is 0.263. The Morgan fingerprint density at radius 3 is 2.92 bits per heavy atom. The molecule has 0 spiro atoms. The number of carbonyl (C=O) groups is 1. The summed E-state index contributed by atoms with van der Waals surface area (Å²) in [4.78, 5) is 16.1. The molecule has 0 saturated heterocycles. The minimum Gasteiger partial charge on any atom is -0.497 e. The fourth-order valence-electron chi connectivity index (χ4n) is 2.76. The van der Waals surface area contributed by atoms with Crippen LogP contribution in [-0.4, -0.2) is 18.1 Å². The van der Waals surface area contributed by atoms with Crippen LogP contribution in [0.2, 0.25) is 0 Å². The molecular formula is C19H21N3O3. The number of furan rings is 1. The van der Waals surface area contributed by atoms with E-state index in [1.165, 1.54) is 0 Å². The van der Waals surface area contributed by atoms with Gasteiger partial charge in [0.25, 0.3) is 0 Å². The number of aryl methyl sites for hydroxylation is 1. The van der Waals surface area contributed by atoms with Gasteiger partial charge < -0.3 is 19.8 Å². The number of nitrogens with zero attached hydrogens (tertiary/aromatic N) is 1. The molecule has 3 rings (SSSR count). The summed E-state index contributed by atoms with van der Waals surface area (Å²) in [6.07, 6.45) is 3.42. The van der Waals surface area contributed by atoms with E-state index in [9.17, 15) is 4.79 Å². The summed E-state index contributed by atoms with van der Waals surface area (Å²) < 4.78 is 11.2. The van der Waals surface area contributed by atoms with Gasteiger partial charge in [-0.05, 0) is 43.7 Å². The minimum absolute atomic E-state index is 0.256. The monoisotopic (exact) mass is 339 g/mol. The number of carbonyl (C=O) groups excluding carboxylic acids is 1. The predicted octanol–water partition coefficient (Wildman–Crippen LogP) is 3.71. The largest absolute Gasteiger partial charge is 0.497 e. The average molecular weight is 339 g/mol. The molecule has 1 atom stereocenters. The van der Waals surface area contributed by atoms with Crippen LogP contribution < -0.4 is 15.4 Å². The Morgan fingerprint density at radius 1 is 1.36 bits per heavy atom. The van der Waals surface area contributed by atoms with Crippen molar-refractivity contribution in [2.45, 2.75) is 26.4 Å². The van der Waals surface area contributed by atoms with Crippen molar-refractivity contribution in [2.75, 3.05) is 7.11 Å². The third-order valence-electron chi connectivity index (χ3n) is 4.10. The molecule has 25 heavy (non-hydrogen) atoms. The molecule has 3 aromatic rings. The zero-order chi connectivity index (χ0) is 17.8. The molecule has 0 saturated carbocycles. The highest BCUT2D eigenvalue weighted by Crippen LogP contribution is 2.31. The highest BCUT2D eigenvalue weighted by molar-refractivity contribution is 5.84. The van der Waals surface area contributed by atoms with Crippen LogP contribution in [0.5, 0.6) is 5.75 Å². The van der Waals surface area contributed by atoms with E-state index < -0.39 is 0 Å². The van der Waals surface area contributed by atoms with Gasteiger partial charge in [0.1, 0.15) is 17.1 Å². The normalized spacial score (nSPS) is 12.0. The Morgan fingerprint density at radius 2 is 2.20 bits per heavy atom. The molecule has 0 bridgehead atoms. The lowest BCUT2D eigenvalue weighted by Crippen LogP contribution is -2.36. The molecule has 2 aromatic heterocycles. The maximum Gasteiger partial charge on any atom is 0.315 e. The van der Waals surface area contributed by atoms with E-state index >= 15 is 0 Å². The SMILES string of the molecule is COc1ccc2oc(C(C)NC(=O)NCc3cccnc3)c(C)c2c1. The Bertz CT molecular complexity index is 874. The summed E-state index contributed by atoms with van der Waals surface area (Å²) in [6.45, 7) is 4.29. The van der Waals surface area contributed by atoms with Crippen LogP contribution in [0.3, 0.4) is 0 Å². The number of benzene rings is 1. The first kappa shape index (κ1) is 16.8. The van der Waals surface area contributed by atoms with Crippen LogP contribution in [0.15, 0.2) is 47.1 Å². The Labute approximate surface area is 146 Å². The summed E-state index contributed by atoms with van der Waals surface area (Å²) in [5, 5.41) is 6.71. The van der Waals surface area contributed by atoms with Crippen molar-refractivity contribution in [3.63, 3.8) is 0 Å². The molecule has 0 aliphatic heterocycles. The Balaban J connectivity index is 1.68. The summed E-state index contributed by atoms with van der Waals surface area (Å²) >= 11 is 0. The number of amides is 2. The molecule has 2 N–H and O–H groups in total. The molecule has 6 heteroatoms. The van der Waals surface area contributed by atoms with E-state index in [0.29, 0.717) is 6.54 Å². The molecule has 0 aliphatic rings. The summed E-state index contributed by atoms with van der Waals surface area (Å²) in [7, 11) is 1.63. The van der Waals surface area contributed by atoms with Crippen molar-refractivity contribution in [3.05, 3.63) is 59.6 Å². The quantitative estimate of drug-likeness (QED) is 0.743. The predicted molar refractivity (Wildman–Crippen MR) is 95.5 cm³/mol.